The molecule has 3 aromatic rings. The van der Waals surface area contributed by atoms with Crippen LogP contribution in [-0.4, -0.2) is 9.97 Å². The Morgan fingerprint density at radius 2 is 1.74 bits per heavy atom. The van der Waals surface area contributed by atoms with Gasteiger partial charge in [-0.15, -0.1) is 0 Å². The molecule has 0 saturated carbocycles. The molecule has 0 saturated heterocycles. The van der Waals surface area contributed by atoms with E-state index in [1.54, 1.807) is 24.3 Å². The van der Waals surface area contributed by atoms with Crippen LogP contribution in [0.25, 0.3) is 22.4 Å². The van der Waals surface area contributed by atoms with E-state index in [0.29, 0.717) is 32.7 Å². The topological polar surface area (TPSA) is 80.7 Å². The van der Waals surface area contributed by atoms with Crippen LogP contribution in [0.2, 0.25) is 0 Å². The Kier molecular flexibility index (Phi) is 2.67. The Morgan fingerprint density at radius 3 is 2.42 bits per heavy atom. The molecule has 0 aliphatic rings. The number of anilines is 2. The molecule has 3 rings (SSSR count). The minimum absolute atomic E-state index is 0.338. The van der Waals surface area contributed by atoms with Crippen LogP contribution >= 0.6 is 15.9 Å². The predicted octanol–water partition coefficient (Wildman–Crippen LogP) is 3.30. The Labute approximate surface area is 116 Å². The van der Waals surface area contributed by atoms with Crippen molar-refractivity contribution in [2.45, 2.75) is 0 Å². The fourth-order valence-corrected chi connectivity index (χ4v) is 2.29. The van der Waals surface area contributed by atoms with Gasteiger partial charge in [-0.2, -0.15) is 0 Å². The molecular formula is C13H10BrFN4. The summed E-state index contributed by atoms with van der Waals surface area (Å²) in [6, 6.07) is 8.22. The van der Waals surface area contributed by atoms with Gasteiger partial charge in [0, 0.05) is 23.0 Å². The van der Waals surface area contributed by atoms with E-state index in [-0.39, 0.29) is 5.82 Å². The molecule has 0 unspecified atom stereocenters. The molecule has 1 heterocycles. The fraction of sp³-hybridized carbons (Fsp3) is 0. The molecule has 4 nitrogen and oxygen atoms in total. The molecule has 2 aromatic carbocycles. The second-order valence-electron chi connectivity index (χ2n) is 4.26. The summed E-state index contributed by atoms with van der Waals surface area (Å²) >= 11 is 3.14. The number of imidazole rings is 1. The van der Waals surface area contributed by atoms with Crippen LogP contribution in [0.3, 0.4) is 0 Å². The largest absolute Gasteiger partial charge is 0.399 e. The summed E-state index contributed by atoms with van der Waals surface area (Å²) < 4.78 is 13.8. The maximum absolute atomic E-state index is 13.5. The zero-order chi connectivity index (χ0) is 13.6. The normalized spacial score (nSPS) is 11.1. The number of aromatic nitrogens is 2. The van der Waals surface area contributed by atoms with Crippen molar-refractivity contribution in [2.75, 3.05) is 11.5 Å². The predicted molar refractivity (Wildman–Crippen MR) is 78.0 cm³/mol. The minimum atomic E-state index is -0.338. The number of H-pyrrole nitrogens is 1. The number of hydrogen-bond donors (Lipinski definition) is 3. The van der Waals surface area contributed by atoms with E-state index < -0.39 is 0 Å². The Bertz CT molecular complexity index is 722. The molecule has 0 radical (unpaired) electrons. The smallest absolute Gasteiger partial charge is 0.139 e. The first-order valence-corrected chi connectivity index (χ1v) is 6.33. The average molecular weight is 321 g/mol. The summed E-state index contributed by atoms with van der Waals surface area (Å²) in [5.74, 6) is 0.265. The van der Waals surface area contributed by atoms with Gasteiger partial charge in [-0.1, -0.05) is 0 Å². The van der Waals surface area contributed by atoms with Gasteiger partial charge >= 0.3 is 0 Å². The van der Waals surface area contributed by atoms with Gasteiger partial charge in [0.05, 0.1) is 15.5 Å². The van der Waals surface area contributed by atoms with Crippen LogP contribution < -0.4 is 11.5 Å². The van der Waals surface area contributed by atoms with Gasteiger partial charge in [-0.3, -0.25) is 0 Å². The maximum Gasteiger partial charge on any atom is 0.139 e. The van der Waals surface area contributed by atoms with E-state index in [9.17, 15) is 4.39 Å². The number of nitrogen functional groups attached to an aromatic ring is 2. The summed E-state index contributed by atoms with van der Waals surface area (Å²) in [4.78, 5) is 7.46. The van der Waals surface area contributed by atoms with E-state index in [1.165, 1.54) is 6.07 Å². The van der Waals surface area contributed by atoms with Crippen molar-refractivity contribution in [1.82, 2.24) is 9.97 Å². The SMILES string of the molecule is Nc1cc(N)cc(-c2nc3cc(Br)c(F)cc3[nH]2)c1. The molecule has 0 fully saturated rings. The van der Waals surface area contributed by atoms with Crippen LogP contribution in [0.1, 0.15) is 0 Å². The molecule has 0 aliphatic carbocycles. The number of benzene rings is 2. The van der Waals surface area contributed by atoms with Crippen molar-refractivity contribution in [3.8, 4) is 11.4 Å². The number of nitrogens with one attached hydrogen (secondary N) is 1. The highest BCUT2D eigenvalue weighted by molar-refractivity contribution is 9.10. The summed E-state index contributed by atoms with van der Waals surface area (Å²) in [7, 11) is 0. The molecule has 1 aromatic heterocycles. The number of rotatable bonds is 1. The van der Waals surface area contributed by atoms with Gasteiger partial charge in [0.15, 0.2) is 0 Å². The van der Waals surface area contributed by atoms with Crippen LogP contribution in [0.5, 0.6) is 0 Å². The van der Waals surface area contributed by atoms with E-state index in [4.69, 9.17) is 11.5 Å². The second-order valence-corrected chi connectivity index (χ2v) is 5.11. The summed E-state index contributed by atoms with van der Waals surface area (Å²) in [6.45, 7) is 0. The van der Waals surface area contributed by atoms with Crippen molar-refractivity contribution in [2.24, 2.45) is 0 Å². The van der Waals surface area contributed by atoms with E-state index in [1.807, 2.05) is 0 Å². The van der Waals surface area contributed by atoms with E-state index in [0.717, 1.165) is 5.56 Å². The first-order chi connectivity index (χ1) is 9.02. The minimum Gasteiger partial charge on any atom is -0.399 e. The second kappa shape index (κ2) is 4.24. The van der Waals surface area contributed by atoms with Gasteiger partial charge in [-0.05, 0) is 40.2 Å². The van der Waals surface area contributed by atoms with Crippen molar-refractivity contribution < 1.29 is 4.39 Å². The Morgan fingerprint density at radius 1 is 1.05 bits per heavy atom. The highest BCUT2D eigenvalue weighted by Gasteiger charge is 2.09. The average Bonchev–Trinajstić information content (AvgIpc) is 2.71. The van der Waals surface area contributed by atoms with E-state index in [2.05, 4.69) is 25.9 Å². The summed E-state index contributed by atoms with van der Waals surface area (Å²) in [5, 5.41) is 0. The molecule has 0 atom stereocenters. The van der Waals surface area contributed by atoms with Gasteiger partial charge in [0.2, 0.25) is 0 Å². The fourth-order valence-electron chi connectivity index (χ4n) is 1.95. The molecule has 19 heavy (non-hydrogen) atoms. The zero-order valence-electron chi connectivity index (χ0n) is 9.74. The van der Waals surface area contributed by atoms with Crippen LogP contribution in [-0.2, 0) is 0 Å². The lowest BCUT2D eigenvalue weighted by Crippen LogP contribution is -1.92. The number of hydrogen-bond acceptors (Lipinski definition) is 3. The first kappa shape index (κ1) is 12.0. The molecule has 5 N–H and O–H groups in total. The molecule has 0 spiro atoms. The summed E-state index contributed by atoms with van der Waals surface area (Å²) in [5.41, 5.74) is 14.7. The van der Waals surface area contributed by atoms with Crippen molar-refractivity contribution in [3.63, 3.8) is 0 Å². The molecule has 0 amide bonds. The van der Waals surface area contributed by atoms with Gasteiger partial charge < -0.3 is 16.5 Å². The van der Waals surface area contributed by atoms with Crippen molar-refractivity contribution in [3.05, 3.63) is 40.6 Å². The van der Waals surface area contributed by atoms with Crippen LogP contribution in [0, 0.1) is 5.82 Å². The van der Waals surface area contributed by atoms with Crippen molar-refractivity contribution in [1.29, 1.82) is 0 Å². The maximum atomic E-state index is 13.5. The van der Waals surface area contributed by atoms with Crippen LogP contribution in [0.4, 0.5) is 15.8 Å². The quantitative estimate of drug-likeness (QED) is 0.602. The molecule has 6 heteroatoms. The van der Waals surface area contributed by atoms with E-state index >= 15 is 0 Å². The van der Waals surface area contributed by atoms with Gasteiger partial charge in [0.1, 0.15) is 11.6 Å². The third kappa shape index (κ3) is 2.15. The lowest BCUT2D eigenvalue weighted by molar-refractivity contribution is 0.623. The number of aromatic amines is 1. The number of halogens is 2. The zero-order valence-corrected chi connectivity index (χ0v) is 11.3. The number of nitrogens with zero attached hydrogens (tertiary/aromatic N) is 1. The third-order valence-electron chi connectivity index (χ3n) is 2.78. The number of fused-ring (bicyclic) bond motifs is 1. The Balaban J connectivity index is 2.20. The Hall–Kier alpha value is -2.08. The molecule has 0 aliphatic heterocycles. The van der Waals surface area contributed by atoms with Gasteiger partial charge in [-0.25, -0.2) is 9.37 Å². The molecular weight excluding hydrogens is 311 g/mol. The number of nitrogens with two attached hydrogens (primary N) is 2. The third-order valence-corrected chi connectivity index (χ3v) is 3.38. The molecule has 0 bridgehead atoms. The standard InChI is InChI=1S/C13H10BrFN4/c14-9-4-11-12(5-10(9)15)19-13(18-11)6-1-7(16)3-8(17)2-6/h1-5H,16-17H2,(H,18,19). The van der Waals surface area contributed by atoms with Crippen molar-refractivity contribution >= 4 is 38.3 Å². The lowest BCUT2D eigenvalue weighted by atomic mass is 10.1. The highest BCUT2D eigenvalue weighted by atomic mass is 79.9. The summed E-state index contributed by atoms with van der Waals surface area (Å²) in [6.07, 6.45) is 0. The monoisotopic (exact) mass is 320 g/mol. The highest BCUT2D eigenvalue weighted by Crippen LogP contribution is 2.27. The first-order valence-electron chi connectivity index (χ1n) is 5.54. The lowest BCUT2D eigenvalue weighted by Gasteiger charge is -2.01. The van der Waals surface area contributed by atoms with Gasteiger partial charge in [0.25, 0.3) is 0 Å². The van der Waals surface area contributed by atoms with Crippen LogP contribution in [0.15, 0.2) is 34.8 Å². The molecule has 96 valence electrons.